The first-order valence-electron chi connectivity index (χ1n) is 16.5. The van der Waals surface area contributed by atoms with Crippen molar-refractivity contribution in [3.63, 3.8) is 0 Å². The number of likely N-dealkylation sites (tertiary alicyclic amines) is 3. The number of amides is 4. The van der Waals surface area contributed by atoms with Crippen LogP contribution in [0.5, 0.6) is 5.75 Å². The summed E-state index contributed by atoms with van der Waals surface area (Å²) in [5.41, 5.74) is -0.485. The monoisotopic (exact) mass is 711 g/mol. The molecule has 0 aliphatic carbocycles. The molecule has 2 N–H and O–H groups in total. The van der Waals surface area contributed by atoms with E-state index in [1.54, 1.807) is 21.1 Å². The minimum atomic E-state index is -4.88. The Kier molecular flexibility index (Phi) is 10.3. The van der Waals surface area contributed by atoms with Crippen molar-refractivity contribution in [2.24, 2.45) is 11.8 Å². The predicted octanol–water partition coefficient (Wildman–Crippen LogP) is 6.27. The van der Waals surface area contributed by atoms with Crippen LogP contribution in [0.15, 0.2) is 23.6 Å². The minimum Gasteiger partial charge on any atom is -0.506 e. The summed E-state index contributed by atoms with van der Waals surface area (Å²) < 4.78 is 46.9. The van der Waals surface area contributed by atoms with Gasteiger partial charge in [-0.25, -0.2) is 9.59 Å². The Balaban J connectivity index is 1.13. The van der Waals surface area contributed by atoms with E-state index in [9.17, 15) is 32.7 Å². The number of halogens is 4. The molecule has 2 aromatic rings. The van der Waals surface area contributed by atoms with Crippen LogP contribution in [0, 0.1) is 11.8 Å². The van der Waals surface area contributed by atoms with Gasteiger partial charge in [0, 0.05) is 43.5 Å². The van der Waals surface area contributed by atoms with Gasteiger partial charge in [-0.15, -0.1) is 11.3 Å². The number of carbonyl (C=O) groups is 3. The fourth-order valence-electron chi connectivity index (χ4n) is 7.52. The summed E-state index contributed by atoms with van der Waals surface area (Å²) in [5.74, 6) is -0.471. The Hall–Kier alpha value is -3.23. The van der Waals surface area contributed by atoms with Gasteiger partial charge in [0.25, 0.3) is 5.91 Å². The lowest BCUT2D eigenvalue weighted by Gasteiger charge is -2.41. The summed E-state index contributed by atoms with van der Waals surface area (Å²) in [6.07, 6.45) is -2.46. The third kappa shape index (κ3) is 7.65. The van der Waals surface area contributed by atoms with Gasteiger partial charge in [0.15, 0.2) is 6.10 Å². The fraction of sp³-hybridized carbons (Fsp3) is 0.606. The maximum atomic E-state index is 13.9. The molecule has 3 saturated heterocycles. The van der Waals surface area contributed by atoms with Gasteiger partial charge in [-0.05, 0) is 99.6 Å². The molecule has 15 heteroatoms. The molecule has 0 spiro atoms. The summed E-state index contributed by atoms with van der Waals surface area (Å²) >= 11 is 7.55. The van der Waals surface area contributed by atoms with E-state index in [1.165, 1.54) is 11.0 Å². The molecule has 1 aromatic heterocycles. The largest absolute Gasteiger partial charge is 0.506 e. The highest BCUT2D eigenvalue weighted by molar-refractivity contribution is 7.10. The van der Waals surface area contributed by atoms with E-state index in [4.69, 9.17) is 16.3 Å². The van der Waals surface area contributed by atoms with Crippen LogP contribution in [0.2, 0.25) is 5.02 Å². The van der Waals surface area contributed by atoms with E-state index in [-0.39, 0.29) is 37.1 Å². The number of fused-ring (bicyclic) bond motifs is 1. The number of carbonyl (C=O) groups excluding carboxylic acids is 3. The van der Waals surface area contributed by atoms with Gasteiger partial charge in [0.1, 0.15) is 5.75 Å². The number of piperidine rings is 3. The van der Waals surface area contributed by atoms with Gasteiger partial charge >= 0.3 is 18.3 Å². The van der Waals surface area contributed by atoms with Crippen LogP contribution in [0.25, 0.3) is 0 Å². The second kappa shape index (κ2) is 14.3. The van der Waals surface area contributed by atoms with Crippen LogP contribution in [-0.4, -0.2) is 101 Å². The molecule has 6 rings (SSSR count). The average molecular weight is 712 g/mol. The number of anilines is 1. The van der Waals surface area contributed by atoms with E-state index in [1.807, 2.05) is 11.4 Å². The number of hydrogen-bond donors (Lipinski definition) is 2. The second-order valence-electron chi connectivity index (χ2n) is 13.4. The number of nitrogens with zero attached hydrogens (tertiary/aromatic N) is 4. The van der Waals surface area contributed by atoms with Crippen LogP contribution in [0.1, 0.15) is 54.5 Å². The van der Waals surface area contributed by atoms with Crippen molar-refractivity contribution in [3.8, 4) is 5.75 Å². The van der Waals surface area contributed by atoms with Crippen LogP contribution in [-0.2, 0) is 28.7 Å². The number of ether oxygens (including phenoxy) is 1. The SMILES string of the molecule is CN1CCC(C2CCN(C(=O)[C@@H](Cc3cc(Cl)c(O)c(C(F)(F)F)c3)OC(=O)N3CCC(N4Cc5sccc5NC4=O)CC3)CC2)CC1. The summed E-state index contributed by atoms with van der Waals surface area (Å²) in [7, 11) is 2.12. The highest BCUT2D eigenvalue weighted by atomic mass is 35.5. The molecule has 4 aliphatic heterocycles. The predicted molar refractivity (Wildman–Crippen MR) is 175 cm³/mol. The fourth-order valence-corrected chi connectivity index (χ4v) is 8.59. The Bertz CT molecular complexity index is 1500. The van der Waals surface area contributed by atoms with Crippen LogP contribution < -0.4 is 5.32 Å². The zero-order valence-corrected chi connectivity index (χ0v) is 28.4. The quantitative estimate of drug-likeness (QED) is 0.366. The summed E-state index contributed by atoms with van der Waals surface area (Å²) in [6.45, 7) is 4.12. The molecular weight excluding hydrogens is 671 g/mol. The molecule has 0 unspecified atom stereocenters. The second-order valence-corrected chi connectivity index (χ2v) is 14.8. The number of phenols is 1. The smallest absolute Gasteiger partial charge is 0.420 e. The Morgan fingerprint density at radius 3 is 2.29 bits per heavy atom. The van der Waals surface area contributed by atoms with Crippen molar-refractivity contribution in [1.29, 1.82) is 0 Å². The molecule has 10 nitrogen and oxygen atoms in total. The third-order valence-corrected chi connectivity index (χ3v) is 11.6. The molecule has 4 amide bonds. The highest BCUT2D eigenvalue weighted by Gasteiger charge is 2.39. The molecule has 0 saturated carbocycles. The van der Waals surface area contributed by atoms with Crippen molar-refractivity contribution >= 4 is 46.7 Å². The first kappa shape index (κ1) is 34.6. The minimum absolute atomic E-state index is 0.0141. The zero-order valence-electron chi connectivity index (χ0n) is 26.8. The molecule has 0 radical (unpaired) electrons. The number of rotatable bonds is 6. The lowest BCUT2D eigenvalue weighted by Crippen LogP contribution is -2.52. The van der Waals surface area contributed by atoms with Gasteiger partial charge in [-0.2, -0.15) is 13.2 Å². The standard InChI is InChI=1S/C33H41ClF3N5O5S/c1-39-9-2-21(3-10-39)22-4-11-40(12-5-22)30(44)27(18-20-16-24(33(35,36)37)29(43)25(34)17-20)47-32(46)41-13-6-23(7-14-41)42-19-28-26(8-15-48-28)38-31(42)45/h8,15-17,21-23,27,43H,2-7,9-14,18-19H2,1H3,(H,38,45)/t27-/m1/s1. The molecule has 1 aromatic carbocycles. The van der Waals surface area contributed by atoms with Crippen molar-refractivity contribution in [2.75, 3.05) is 51.6 Å². The molecule has 4 aliphatic rings. The van der Waals surface area contributed by atoms with Gasteiger partial charge < -0.3 is 34.8 Å². The number of urea groups is 1. The number of phenolic OH excluding ortho intramolecular Hbond substituents is 1. The van der Waals surface area contributed by atoms with Crippen molar-refractivity contribution in [1.82, 2.24) is 19.6 Å². The molecule has 262 valence electrons. The normalized spacial score (nSPS) is 21.2. The lowest BCUT2D eigenvalue weighted by atomic mass is 9.79. The lowest BCUT2D eigenvalue weighted by molar-refractivity contribution is -0.142. The van der Waals surface area contributed by atoms with Crippen molar-refractivity contribution in [2.45, 2.75) is 69.8 Å². The maximum absolute atomic E-state index is 13.9. The number of benzene rings is 1. The summed E-state index contributed by atoms with van der Waals surface area (Å²) in [5, 5.41) is 14.3. The summed E-state index contributed by atoms with van der Waals surface area (Å²) in [4.78, 5) is 48.4. The average Bonchev–Trinajstić information content (AvgIpc) is 3.52. The highest BCUT2D eigenvalue weighted by Crippen LogP contribution is 2.41. The Labute approximate surface area is 286 Å². The van der Waals surface area contributed by atoms with Gasteiger partial charge in [-0.3, -0.25) is 4.79 Å². The van der Waals surface area contributed by atoms with E-state index >= 15 is 0 Å². The van der Waals surface area contributed by atoms with E-state index in [0.717, 1.165) is 55.4 Å². The van der Waals surface area contributed by atoms with Crippen LogP contribution >= 0.6 is 22.9 Å². The first-order valence-corrected chi connectivity index (χ1v) is 17.8. The summed E-state index contributed by atoms with van der Waals surface area (Å²) in [6, 6.07) is 3.52. The number of nitrogens with one attached hydrogen (secondary N) is 1. The number of hydrogen-bond acceptors (Lipinski definition) is 7. The van der Waals surface area contributed by atoms with Crippen LogP contribution in [0.3, 0.4) is 0 Å². The molecule has 48 heavy (non-hydrogen) atoms. The van der Waals surface area contributed by atoms with Gasteiger partial charge in [-0.1, -0.05) is 11.6 Å². The first-order chi connectivity index (χ1) is 22.9. The van der Waals surface area contributed by atoms with Crippen molar-refractivity contribution in [3.05, 3.63) is 44.6 Å². The van der Waals surface area contributed by atoms with Gasteiger partial charge in [0.05, 0.1) is 22.8 Å². The Morgan fingerprint density at radius 1 is 1.02 bits per heavy atom. The molecule has 0 bridgehead atoms. The Morgan fingerprint density at radius 2 is 1.65 bits per heavy atom. The molecule has 3 fully saturated rings. The third-order valence-electron chi connectivity index (χ3n) is 10.4. The van der Waals surface area contributed by atoms with E-state index in [0.29, 0.717) is 44.3 Å². The maximum Gasteiger partial charge on any atom is 0.420 e. The van der Waals surface area contributed by atoms with E-state index in [2.05, 4.69) is 17.3 Å². The molecule has 5 heterocycles. The topological polar surface area (TPSA) is 106 Å². The number of aromatic hydroxyl groups is 1. The number of thiophene rings is 1. The van der Waals surface area contributed by atoms with Gasteiger partial charge in [0.2, 0.25) is 0 Å². The zero-order chi connectivity index (χ0) is 34.2. The van der Waals surface area contributed by atoms with Crippen LogP contribution in [0.4, 0.5) is 28.4 Å². The van der Waals surface area contributed by atoms with E-state index < -0.39 is 40.6 Å². The molecular formula is C33H41ClF3N5O5S. The van der Waals surface area contributed by atoms with Crippen molar-refractivity contribution < 1.29 is 37.4 Å². The molecule has 1 atom stereocenters. The number of alkyl halides is 3.